The molecule has 0 saturated heterocycles. The van der Waals surface area contributed by atoms with Gasteiger partial charge in [-0.05, 0) is 38.8 Å². The van der Waals surface area contributed by atoms with Crippen molar-refractivity contribution in [2.24, 2.45) is 4.99 Å². The van der Waals surface area contributed by atoms with E-state index in [2.05, 4.69) is 20.9 Å². The van der Waals surface area contributed by atoms with Crippen LogP contribution in [0.15, 0.2) is 29.3 Å². The number of nitrogens with one attached hydrogen (secondary N) is 3. The number of rotatable bonds is 10. The quantitative estimate of drug-likeness (QED) is 0.422. The molecule has 1 amide bonds. The molecule has 7 heteroatoms. The molecule has 1 saturated carbocycles. The average Bonchev–Trinajstić information content (AvgIpc) is 3.19. The molecule has 1 fully saturated rings. The van der Waals surface area contributed by atoms with Crippen molar-refractivity contribution in [3.05, 3.63) is 24.3 Å². The highest BCUT2D eigenvalue weighted by Crippen LogP contribution is 2.20. The summed E-state index contributed by atoms with van der Waals surface area (Å²) in [5.41, 5.74) is 0. The van der Waals surface area contributed by atoms with Crippen molar-refractivity contribution >= 4 is 11.9 Å². The number of guanidine groups is 1. The second-order valence-electron chi connectivity index (χ2n) is 7.05. The van der Waals surface area contributed by atoms with E-state index in [-0.39, 0.29) is 12.0 Å². The summed E-state index contributed by atoms with van der Waals surface area (Å²) < 4.78 is 11.1. The number of methoxy groups -OCH3 is 1. The summed E-state index contributed by atoms with van der Waals surface area (Å²) in [6.45, 7) is 5.79. The molecule has 7 nitrogen and oxygen atoms in total. The van der Waals surface area contributed by atoms with Crippen LogP contribution in [-0.4, -0.2) is 50.8 Å². The van der Waals surface area contributed by atoms with Gasteiger partial charge in [0.25, 0.3) is 0 Å². The summed E-state index contributed by atoms with van der Waals surface area (Å²) in [6.07, 6.45) is 5.00. The minimum Gasteiger partial charge on any atom is -0.497 e. The molecule has 28 heavy (non-hydrogen) atoms. The van der Waals surface area contributed by atoms with Gasteiger partial charge < -0.3 is 25.4 Å². The highest BCUT2D eigenvalue weighted by atomic mass is 16.5. The number of ether oxygens (including phenoxy) is 2. The Labute approximate surface area is 168 Å². The van der Waals surface area contributed by atoms with Gasteiger partial charge in [0.15, 0.2) is 5.96 Å². The minimum absolute atomic E-state index is 0.0896. The number of aliphatic imine (C=N–C) groups is 1. The Hall–Kier alpha value is -2.44. The predicted octanol–water partition coefficient (Wildman–Crippen LogP) is 2.47. The predicted molar refractivity (Wildman–Crippen MR) is 112 cm³/mol. The Bertz CT molecular complexity index is 630. The van der Waals surface area contributed by atoms with Crippen LogP contribution >= 0.6 is 0 Å². The fourth-order valence-electron chi connectivity index (χ4n) is 3.17. The van der Waals surface area contributed by atoms with Crippen molar-refractivity contribution in [2.75, 3.05) is 26.7 Å². The van der Waals surface area contributed by atoms with Crippen LogP contribution in [0.4, 0.5) is 0 Å². The monoisotopic (exact) mass is 390 g/mol. The largest absolute Gasteiger partial charge is 0.497 e. The molecule has 0 radical (unpaired) electrons. The lowest BCUT2D eigenvalue weighted by molar-refractivity contribution is -0.121. The number of hydrogen-bond donors (Lipinski definition) is 3. The molecular formula is C21H34N4O3. The van der Waals surface area contributed by atoms with E-state index in [1.54, 1.807) is 7.11 Å². The first-order chi connectivity index (χ1) is 13.6. The Morgan fingerprint density at radius 1 is 1.25 bits per heavy atom. The van der Waals surface area contributed by atoms with Crippen LogP contribution in [0.5, 0.6) is 11.5 Å². The SMILES string of the molecule is CCNC(=NCC(C)Oc1cccc(OC)c1)NCCC(=O)NC1CCCC1. The van der Waals surface area contributed by atoms with Crippen molar-refractivity contribution in [3.8, 4) is 11.5 Å². The molecule has 0 heterocycles. The topological polar surface area (TPSA) is 84.0 Å². The van der Waals surface area contributed by atoms with E-state index >= 15 is 0 Å². The number of carbonyl (C=O) groups is 1. The molecule has 1 aliphatic carbocycles. The molecule has 0 aromatic heterocycles. The third-order valence-electron chi connectivity index (χ3n) is 4.59. The lowest BCUT2D eigenvalue weighted by Crippen LogP contribution is -2.41. The van der Waals surface area contributed by atoms with Gasteiger partial charge in [-0.2, -0.15) is 0 Å². The molecule has 2 rings (SSSR count). The summed E-state index contributed by atoms with van der Waals surface area (Å²) in [5.74, 6) is 2.31. The molecule has 0 bridgehead atoms. The smallest absolute Gasteiger partial charge is 0.221 e. The van der Waals surface area contributed by atoms with Crippen LogP contribution in [0.2, 0.25) is 0 Å². The normalized spacial score (nSPS) is 15.8. The molecule has 1 aliphatic rings. The van der Waals surface area contributed by atoms with Crippen LogP contribution in [0.25, 0.3) is 0 Å². The van der Waals surface area contributed by atoms with Gasteiger partial charge in [0, 0.05) is 31.6 Å². The number of amides is 1. The zero-order chi connectivity index (χ0) is 20.2. The van der Waals surface area contributed by atoms with Crippen LogP contribution in [-0.2, 0) is 4.79 Å². The zero-order valence-corrected chi connectivity index (χ0v) is 17.3. The molecular weight excluding hydrogens is 356 g/mol. The third kappa shape index (κ3) is 8.06. The van der Waals surface area contributed by atoms with E-state index in [1.807, 2.05) is 38.1 Å². The lowest BCUT2D eigenvalue weighted by Gasteiger charge is -2.16. The first-order valence-corrected chi connectivity index (χ1v) is 10.2. The molecule has 1 unspecified atom stereocenters. The maximum Gasteiger partial charge on any atom is 0.221 e. The molecule has 0 spiro atoms. The van der Waals surface area contributed by atoms with Gasteiger partial charge in [0.1, 0.15) is 17.6 Å². The molecule has 0 aliphatic heterocycles. The van der Waals surface area contributed by atoms with E-state index in [4.69, 9.17) is 9.47 Å². The Balaban J connectivity index is 1.74. The fraction of sp³-hybridized carbons (Fsp3) is 0.619. The van der Waals surface area contributed by atoms with Gasteiger partial charge in [-0.25, -0.2) is 4.99 Å². The van der Waals surface area contributed by atoms with Gasteiger partial charge in [-0.15, -0.1) is 0 Å². The van der Waals surface area contributed by atoms with Crippen molar-refractivity contribution in [2.45, 2.75) is 58.1 Å². The minimum atomic E-state index is -0.0896. The Kier molecular flexibility index (Phi) is 9.45. The first kappa shape index (κ1) is 21.9. The van der Waals surface area contributed by atoms with Crippen molar-refractivity contribution in [1.82, 2.24) is 16.0 Å². The van der Waals surface area contributed by atoms with E-state index in [0.717, 1.165) is 30.9 Å². The molecule has 1 atom stereocenters. The molecule has 3 N–H and O–H groups in total. The Morgan fingerprint density at radius 2 is 2.00 bits per heavy atom. The van der Waals surface area contributed by atoms with Crippen molar-refractivity contribution in [3.63, 3.8) is 0 Å². The highest BCUT2D eigenvalue weighted by molar-refractivity contribution is 5.81. The van der Waals surface area contributed by atoms with Gasteiger partial charge in [-0.1, -0.05) is 18.9 Å². The molecule has 156 valence electrons. The summed E-state index contributed by atoms with van der Waals surface area (Å²) in [4.78, 5) is 16.6. The van der Waals surface area contributed by atoms with Crippen molar-refractivity contribution in [1.29, 1.82) is 0 Å². The lowest BCUT2D eigenvalue weighted by atomic mass is 10.2. The molecule has 1 aromatic carbocycles. The summed E-state index contributed by atoms with van der Waals surface area (Å²) in [7, 11) is 1.63. The van der Waals surface area contributed by atoms with Gasteiger partial charge in [0.2, 0.25) is 5.91 Å². The summed E-state index contributed by atoms with van der Waals surface area (Å²) >= 11 is 0. The maximum absolute atomic E-state index is 12.0. The van der Waals surface area contributed by atoms with Crippen LogP contribution < -0.4 is 25.4 Å². The average molecular weight is 391 g/mol. The van der Waals surface area contributed by atoms with Gasteiger partial charge >= 0.3 is 0 Å². The zero-order valence-electron chi connectivity index (χ0n) is 17.3. The number of benzene rings is 1. The second-order valence-corrected chi connectivity index (χ2v) is 7.05. The number of hydrogen-bond acceptors (Lipinski definition) is 4. The van der Waals surface area contributed by atoms with Gasteiger partial charge in [0.05, 0.1) is 13.7 Å². The van der Waals surface area contributed by atoms with Crippen LogP contribution in [0.1, 0.15) is 46.0 Å². The first-order valence-electron chi connectivity index (χ1n) is 10.2. The van der Waals surface area contributed by atoms with E-state index in [1.165, 1.54) is 12.8 Å². The maximum atomic E-state index is 12.0. The fourth-order valence-corrected chi connectivity index (χ4v) is 3.17. The second kappa shape index (κ2) is 12.1. The molecule has 1 aromatic rings. The Morgan fingerprint density at radius 3 is 2.71 bits per heavy atom. The van der Waals surface area contributed by atoms with Crippen molar-refractivity contribution < 1.29 is 14.3 Å². The standard InChI is InChI=1S/C21H34N4O3/c1-4-22-21(23-13-12-20(26)25-17-8-5-6-9-17)24-15-16(2)28-19-11-7-10-18(14-19)27-3/h7,10-11,14,16-17H,4-6,8-9,12-13,15H2,1-3H3,(H,25,26)(H2,22,23,24). The summed E-state index contributed by atoms with van der Waals surface area (Å²) in [6, 6.07) is 7.89. The van der Waals surface area contributed by atoms with Gasteiger partial charge in [-0.3, -0.25) is 4.79 Å². The van der Waals surface area contributed by atoms with Crippen LogP contribution in [0.3, 0.4) is 0 Å². The van der Waals surface area contributed by atoms with E-state index < -0.39 is 0 Å². The van der Waals surface area contributed by atoms with E-state index in [9.17, 15) is 4.79 Å². The highest BCUT2D eigenvalue weighted by Gasteiger charge is 2.16. The summed E-state index contributed by atoms with van der Waals surface area (Å²) in [5, 5.41) is 9.52. The number of carbonyl (C=O) groups excluding carboxylic acids is 1. The third-order valence-corrected chi connectivity index (χ3v) is 4.59. The van der Waals surface area contributed by atoms with E-state index in [0.29, 0.717) is 31.5 Å². The van der Waals surface area contributed by atoms with Crippen LogP contribution in [0, 0.1) is 0 Å². The number of nitrogens with zero attached hydrogens (tertiary/aromatic N) is 1.